The van der Waals surface area contributed by atoms with Crippen LogP contribution in [-0.2, 0) is 4.79 Å². The minimum absolute atomic E-state index is 0.0644. The minimum atomic E-state index is -0.480. The summed E-state index contributed by atoms with van der Waals surface area (Å²) in [5, 5.41) is 16.1. The standard InChI is InChI=1S/C18H19N5O2S2/c1-2-10-19-17(25)20-15(24)12-27-18-22-21-16(14-9-6-11-26-14)23(18)13-7-4-3-5-8-13/h3-9,11H,2,10,12H2,1H3,(H2,19,20,24,25). The topological polar surface area (TPSA) is 88.9 Å². The number of urea groups is 1. The van der Waals surface area contributed by atoms with Crippen LogP contribution in [0, 0.1) is 0 Å². The molecule has 0 aliphatic heterocycles. The zero-order chi connectivity index (χ0) is 19.1. The van der Waals surface area contributed by atoms with Gasteiger partial charge in [0.2, 0.25) is 5.91 Å². The molecule has 0 saturated carbocycles. The molecule has 7 nitrogen and oxygen atoms in total. The fourth-order valence-electron chi connectivity index (χ4n) is 2.31. The molecule has 0 unspecified atom stereocenters. The van der Waals surface area contributed by atoms with Crippen molar-refractivity contribution >= 4 is 35.0 Å². The van der Waals surface area contributed by atoms with E-state index in [2.05, 4.69) is 20.8 Å². The average Bonchev–Trinajstić information content (AvgIpc) is 3.34. The van der Waals surface area contributed by atoms with Crippen LogP contribution in [0.2, 0.25) is 0 Å². The maximum Gasteiger partial charge on any atom is 0.321 e. The summed E-state index contributed by atoms with van der Waals surface area (Å²) < 4.78 is 1.92. The number of benzene rings is 1. The Hall–Kier alpha value is -2.65. The zero-order valence-corrected chi connectivity index (χ0v) is 16.3. The van der Waals surface area contributed by atoms with Crippen LogP contribution in [0.1, 0.15) is 13.3 Å². The molecule has 3 amide bonds. The molecule has 3 aromatic rings. The van der Waals surface area contributed by atoms with Crippen LogP contribution in [0.3, 0.4) is 0 Å². The molecule has 0 aliphatic carbocycles. The predicted octanol–water partition coefficient (Wildman–Crippen LogP) is 3.32. The van der Waals surface area contributed by atoms with Gasteiger partial charge in [-0.05, 0) is 30.0 Å². The summed E-state index contributed by atoms with van der Waals surface area (Å²) in [7, 11) is 0. The van der Waals surface area contributed by atoms with E-state index in [0.29, 0.717) is 11.7 Å². The quantitative estimate of drug-likeness (QED) is 0.593. The van der Waals surface area contributed by atoms with Crippen molar-refractivity contribution in [3.63, 3.8) is 0 Å². The summed E-state index contributed by atoms with van der Waals surface area (Å²) >= 11 is 2.81. The van der Waals surface area contributed by atoms with E-state index in [-0.39, 0.29) is 11.7 Å². The molecule has 2 N–H and O–H groups in total. The molecule has 0 fully saturated rings. The van der Waals surface area contributed by atoms with Crippen LogP contribution in [0.25, 0.3) is 16.4 Å². The van der Waals surface area contributed by atoms with Gasteiger partial charge in [0.15, 0.2) is 11.0 Å². The Balaban J connectivity index is 1.76. The molecule has 27 heavy (non-hydrogen) atoms. The molecular formula is C18H19N5O2S2. The van der Waals surface area contributed by atoms with Gasteiger partial charge in [0.1, 0.15) is 0 Å². The number of para-hydroxylation sites is 1. The second-order valence-corrected chi connectivity index (χ2v) is 7.44. The summed E-state index contributed by atoms with van der Waals surface area (Å²) in [6.45, 7) is 2.47. The van der Waals surface area contributed by atoms with Gasteiger partial charge in [-0.15, -0.1) is 21.5 Å². The summed E-state index contributed by atoms with van der Waals surface area (Å²) in [4.78, 5) is 24.6. The van der Waals surface area contributed by atoms with E-state index in [1.54, 1.807) is 11.3 Å². The van der Waals surface area contributed by atoms with Gasteiger partial charge in [0.25, 0.3) is 0 Å². The van der Waals surface area contributed by atoms with E-state index < -0.39 is 6.03 Å². The van der Waals surface area contributed by atoms with Crippen LogP contribution >= 0.6 is 23.1 Å². The van der Waals surface area contributed by atoms with Crippen LogP contribution in [0.4, 0.5) is 4.79 Å². The van der Waals surface area contributed by atoms with Gasteiger partial charge in [-0.25, -0.2) is 4.79 Å². The van der Waals surface area contributed by atoms with Crippen molar-refractivity contribution in [3.05, 3.63) is 47.8 Å². The number of hydrogen-bond acceptors (Lipinski definition) is 6. The SMILES string of the molecule is CCCNC(=O)NC(=O)CSc1nnc(-c2cccs2)n1-c1ccccc1. The molecule has 140 valence electrons. The number of amides is 3. The summed E-state index contributed by atoms with van der Waals surface area (Å²) in [5.74, 6) is 0.406. The Morgan fingerprint density at radius 3 is 2.67 bits per heavy atom. The van der Waals surface area contributed by atoms with Crippen LogP contribution < -0.4 is 10.6 Å². The summed E-state index contributed by atoms with van der Waals surface area (Å²) in [5.41, 5.74) is 0.912. The molecule has 0 bridgehead atoms. The van der Waals surface area contributed by atoms with Gasteiger partial charge < -0.3 is 5.32 Å². The second-order valence-electron chi connectivity index (χ2n) is 5.55. The maximum absolute atomic E-state index is 12.0. The molecule has 0 atom stereocenters. The Kier molecular flexibility index (Phi) is 6.61. The van der Waals surface area contributed by atoms with E-state index in [4.69, 9.17) is 0 Å². The summed E-state index contributed by atoms with van der Waals surface area (Å²) in [6, 6.07) is 13.2. The molecule has 0 aliphatic rings. The van der Waals surface area contributed by atoms with Gasteiger partial charge >= 0.3 is 6.03 Å². The molecule has 1 aromatic carbocycles. The van der Waals surface area contributed by atoms with Crippen LogP contribution in [0.5, 0.6) is 0 Å². The number of aromatic nitrogens is 3. The van der Waals surface area contributed by atoms with Crippen molar-refractivity contribution in [2.75, 3.05) is 12.3 Å². The van der Waals surface area contributed by atoms with E-state index in [1.165, 1.54) is 11.8 Å². The Labute approximate surface area is 165 Å². The van der Waals surface area contributed by atoms with Gasteiger partial charge in [-0.2, -0.15) is 0 Å². The van der Waals surface area contributed by atoms with Crippen LogP contribution in [-0.4, -0.2) is 39.0 Å². The van der Waals surface area contributed by atoms with Crippen molar-refractivity contribution in [1.29, 1.82) is 0 Å². The number of imide groups is 1. The van der Waals surface area contributed by atoms with Crippen molar-refractivity contribution in [2.24, 2.45) is 0 Å². The van der Waals surface area contributed by atoms with Crippen molar-refractivity contribution in [2.45, 2.75) is 18.5 Å². The number of nitrogens with zero attached hydrogens (tertiary/aromatic N) is 3. The normalized spacial score (nSPS) is 10.6. The monoisotopic (exact) mass is 401 g/mol. The van der Waals surface area contributed by atoms with Gasteiger partial charge in [-0.1, -0.05) is 43.0 Å². The lowest BCUT2D eigenvalue weighted by atomic mass is 10.3. The molecule has 3 rings (SSSR count). The number of rotatable bonds is 7. The first kappa shape index (κ1) is 19.1. The first-order chi connectivity index (χ1) is 13.2. The number of hydrogen-bond donors (Lipinski definition) is 2. The van der Waals surface area contributed by atoms with E-state index in [0.717, 1.165) is 22.8 Å². The highest BCUT2D eigenvalue weighted by atomic mass is 32.2. The number of thiophene rings is 1. The first-order valence-corrected chi connectivity index (χ1v) is 10.3. The van der Waals surface area contributed by atoms with E-state index >= 15 is 0 Å². The third-order valence-electron chi connectivity index (χ3n) is 3.51. The lowest BCUT2D eigenvalue weighted by Crippen LogP contribution is -2.40. The number of carbonyl (C=O) groups excluding carboxylic acids is 2. The highest BCUT2D eigenvalue weighted by Gasteiger charge is 2.18. The lowest BCUT2D eigenvalue weighted by molar-refractivity contribution is -0.117. The molecule has 0 saturated heterocycles. The third kappa shape index (κ3) is 4.95. The highest BCUT2D eigenvalue weighted by molar-refractivity contribution is 7.99. The van der Waals surface area contributed by atoms with Crippen LogP contribution in [0.15, 0.2) is 53.0 Å². The van der Waals surface area contributed by atoms with Crippen molar-refractivity contribution in [1.82, 2.24) is 25.4 Å². The highest BCUT2D eigenvalue weighted by Crippen LogP contribution is 2.30. The molecule has 0 spiro atoms. The molecule has 2 heterocycles. The molecule has 0 radical (unpaired) electrons. The van der Waals surface area contributed by atoms with E-state index in [9.17, 15) is 9.59 Å². The summed E-state index contributed by atoms with van der Waals surface area (Å²) in [6.07, 6.45) is 0.808. The Morgan fingerprint density at radius 1 is 1.15 bits per heavy atom. The fourth-order valence-corrected chi connectivity index (χ4v) is 3.76. The van der Waals surface area contributed by atoms with E-state index in [1.807, 2.05) is 59.3 Å². The third-order valence-corrected chi connectivity index (χ3v) is 5.30. The van der Waals surface area contributed by atoms with Crippen molar-refractivity contribution < 1.29 is 9.59 Å². The number of carbonyl (C=O) groups is 2. The molecular weight excluding hydrogens is 382 g/mol. The maximum atomic E-state index is 12.0. The second kappa shape index (κ2) is 9.33. The first-order valence-electron chi connectivity index (χ1n) is 8.44. The smallest absolute Gasteiger partial charge is 0.321 e. The molecule has 2 aromatic heterocycles. The van der Waals surface area contributed by atoms with Gasteiger partial charge in [0.05, 0.1) is 10.6 Å². The predicted molar refractivity (Wildman–Crippen MR) is 107 cm³/mol. The van der Waals surface area contributed by atoms with Gasteiger partial charge in [-0.3, -0.25) is 14.7 Å². The van der Waals surface area contributed by atoms with Gasteiger partial charge in [0, 0.05) is 12.2 Å². The lowest BCUT2D eigenvalue weighted by Gasteiger charge is -2.09. The average molecular weight is 402 g/mol. The number of nitrogens with one attached hydrogen (secondary N) is 2. The van der Waals surface area contributed by atoms with Crippen molar-refractivity contribution in [3.8, 4) is 16.4 Å². The number of thioether (sulfide) groups is 1. The Morgan fingerprint density at radius 2 is 1.96 bits per heavy atom. The zero-order valence-electron chi connectivity index (χ0n) is 14.7. The largest absolute Gasteiger partial charge is 0.338 e. The Bertz CT molecular complexity index is 894. The fraction of sp³-hybridized carbons (Fsp3) is 0.222. The minimum Gasteiger partial charge on any atom is -0.338 e. The molecule has 9 heteroatoms.